The SMILES string of the molecule is CCC(C)(CNC(=O)Cc1ccccc1C)C(=O)O. The topological polar surface area (TPSA) is 66.4 Å². The van der Waals surface area contributed by atoms with Gasteiger partial charge in [0.05, 0.1) is 11.8 Å². The van der Waals surface area contributed by atoms with E-state index in [1.165, 1.54) is 0 Å². The Balaban J connectivity index is 2.58. The number of aliphatic carboxylic acids is 1. The molecule has 0 fully saturated rings. The van der Waals surface area contributed by atoms with E-state index in [1.807, 2.05) is 38.1 Å². The van der Waals surface area contributed by atoms with Crippen LogP contribution in [0.15, 0.2) is 24.3 Å². The minimum atomic E-state index is -0.901. The van der Waals surface area contributed by atoms with Crippen LogP contribution in [0.3, 0.4) is 0 Å². The average Bonchev–Trinajstić information content (AvgIpc) is 2.38. The molecule has 1 atom stereocenters. The number of amides is 1. The minimum absolute atomic E-state index is 0.143. The summed E-state index contributed by atoms with van der Waals surface area (Å²) in [5, 5.41) is 11.8. The Hall–Kier alpha value is -1.84. The smallest absolute Gasteiger partial charge is 0.311 e. The monoisotopic (exact) mass is 263 g/mol. The van der Waals surface area contributed by atoms with E-state index in [0.717, 1.165) is 11.1 Å². The molecular weight excluding hydrogens is 242 g/mol. The van der Waals surface area contributed by atoms with E-state index in [9.17, 15) is 9.59 Å². The normalized spacial score (nSPS) is 13.6. The zero-order chi connectivity index (χ0) is 14.5. The van der Waals surface area contributed by atoms with Crippen LogP contribution in [0.4, 0.5) is 0 Å². The summed E-state index contributed by atoms with van der Waals surface area (Å²) in [4.78, 5) is 23.0. The highest BCUT2D eigenvalue weighted by molar-refractivity contribution is 5.80. The van der Waals surface area contributed by atoms with Gasteiger partial charge in [-0.3, -0.25) is 9.59 Å². The van der Waals surface area contributed by atoms with Crippen molar-refractivity contribution in [2.24, 2.45) is 5.41 Å². The van der Waals surface area contributed by atoms with Gasteiger partial charge in [0, 0.05) is 6.54 Å². The number of hydrogen-bond donors (Lipinski definition) is 2. The first-order chi connectivity index (χ1) is 8.89. The second kappa shape index (κ2) is 6.36. The molecule has 0 radical (unpaired) electrons. The van der Waals surface area contributed by atoms with Gasteiger partial charge in [-0.1, -0.05) is 31.2 Å². The third kappa shape index (κ3) is 4.09. The molecule has 2 N–H and O–H groups in total. The molecule has 0 aromatic heterocycles. The second-order valence-electron chi connectivity index (χ2n) is 5.10. The van der Waals surface area contributed by atoms with Gasteiger partial charge in [0.1, 0.15) is 0 Å². The van der Waals surface area contributed by atoms with Crippen LogP contribution in [-0.4, -0.2) is 23.5 Å². The number of hydrogen-bond acceptors (Lipinski definition) is 2. The quantitative estimate of drug-likeness (QED) is 0.826. The number of nitrogens with one attached hydrogen (secondary N) is 1. The first-order valence-corrected chi connectivity index (χ1v) is 6.43. The summed E-state index contributed by atoms with van der Waals surface area (Å²) in [5.41, 5.74) is 1.13. The van der Waals surface area contributed by atoms with Crippen LogP contribution in [0.2, 0.25) is 0 Å². The van der Waals surface area contributed by atoms with Crippen LogP contribution in [-0.2, 0) is 16.0 Å². The highest BCUT2D eigenvalue weighted by Gasteiger charge is 2.31. The van der Waals surface area contributed by atoms with Gasteiger partial charge in [-0.15, -0.1) is 0 Å². The predicted molar refractivity (Wildman–Crippen MR) is 73.9 cm³/mol. The molecule has 19 heavy (non-hydrogen) atoms. The van der Waals surface area contributed by atoms with E-state index in [4.69, 9.17) is 5.11 Å². The lowest BCUT2D eigenvalue weighted by Crippen LogP contribution is -2.41. The Morgan fingerprint density at radius 2 is 1.95 bits per heavy atom. The molecular formula is C15H21NO3. The first-order valence-electron chi connectivity index (χ1n) is 6.43. The molecule has 0 aliphatic rings. The zero-order valence-electron chi connectivity index (χ0n) is 11.7. The molecule has 1 aromatic carbocycles. The van der Waals surface area contributed by atoms with Crippen LogP contribution in [0, 0.1) is 12.3 Å². The molecule has 0 bridgehead atoms. The van der Waals surface area contributed by atoms with E-state index in [-0.39, 0.29) is 18.9 Å². The van der Waals surface area contributed by atoms with Crippen molar-refractivity contribution in [3.8, 4) is 0 Å². The largest absolute Gasteiger partial charge is 0.481 e. The van der Waals surface area contributed by atoms with Gasteiger partial charge in [0.25, 0.3) is 0 Å². The number of carboxylic acid groups (broad SMARTS) is 1. The van der Waals surface area contributed by atoms with Crippen molar-refractivity contribution in [2.45, 2.75) is 33.6 Å². The maximum atomic E-state index is 11.8. The fourth-order valence-corrected chi connectivity index (χ4v) is 1.69. The van der Waals surface area contributed by atoms with Gasteiger partial charge in [0.2, 0.25) is 5.91 Å². The predicted octanol–water partition coefficient (Wildman–Crippen LogP) is 2.15. The lowest BCUT2D eigenvalue weighted by Gasteiger charge is -2.23. The molecule has 0 saturated heterocycles. The summed E-state index contributed by atoms with van der Waals surface area (Å²) in [6.07, 6.45) is 0.763. The summed E-state index contributed by atoms with van der Waals surface area (Å²) < 4.78 is 0. The van der Waals surface area contributed by atoms with Crippen LogP contribution in [0.1, 0.15) is 31.4 Å². The van der Waals surface area contributed by atoms with Gasteiger partial charge < -0.3 is 10.4 Å². The Labute approximate surface area is 113 Å². The third-order valence-corrected chi connectivity index (χ3v) is 3.58. The standard InChI is InChI=1S/C15H21NO3/c1-4-15(3,14(18)19)10-16-13(17)9-12-8-6-5-7-11(12)2/h5-8H,4,9-10H2,1-3H3,(H,16,17)(H,18,19). The first kappa shape index (κ1) is 15.2. The average molecular weight is 263 g/mol. The van der Waals surface area contributed by atoms with Crippen LogP contribution < -0.4 is 5.32 Å². The lowest BCUT2D eigenvalue weighted by molar-refractivity contribution is -0.148. The molecule has 1 unspecified atom stereocenters. The number of carbonyl (C=O) groups excluding carboxylic acids is 1. The molecule has 1 rings (SSSR count). The number of rotatable bonds is 6. The van der Waals surface area contributed by atoms with Crippen molar-refractivity contribution in [3.63, 3.8) is 0 Å². The van der Waals surface area contributed by atoms with E-state index < -0.39 is 11.4 Å². The third-order valence-electron chi connectivity index (χ3n) is 3.58. The van der Waals surface area contributed by atoms with Crippen molar-refractivity contribution < 1.29 is 14.7 Å². The summed E-state index contributed by atoms with van der Waals surface area (Å²) in [7, 11) is 0. The Bertz CT molecular complexity index is 470. The molecule has 0 heterocycles. The van der Waals surface area contributed by atoms with Crippen LogP contribution >= 0.6 is 0 Å². The molecule has 0 aliphatic heterocycles. The molecule has 4 nitrogen and oxygen atoms in total. The number of aryl methyl sites for hydroxylation is 1. The molecule has 0 aliphatic carbocycles. The van der Waals surface area contributed by atoms with Crippen LogP contribution in [0.5, 0.6) is 0 Å². The molecule has 1 aromatic rings. The van der Waals surface area contributed by atoms with Gasteiger partial charge in [-0.25, -0.2) is 0 Å². The van der Waals surface area contributed by atoms with E-state index in [0.29, 0.717) is 6.42 Å². The van der Waals surface area contributed by atoms with Crippen molar-refractivity contribution >= 4 is 11.9 Å². The number of benzene rings is 1. The summed E-state index contributed by atoms with van der Waals surface area (Å²) in [6.45, 7) is 5.56. The van der Waals surface area contributed by atoms with Crippen LogP contribution in [0.25, 0.3) is 0 Å². The van der Waals surface area contributed by atoms with Gasteiger partial charge in [-0.05, 0) is 31.4 Å². The molecule has 1 amide bonds. The molecule has 0 spiro atoms. The van der Waals surface area contributed by atoms with Crippen molar-refractivity contribution in [1.29, 1.82) is 0 Å². The van der Waals surface area contributed by atoms with Crippen molar-refractivity contribution in [3.05, 3.63) is 35.4 Å². The number of carbonyl (C=O) groups is 2. The Kier molecular flexibility index (Phi) is 5.10. The maximum absolute atomic E-state index is 11.8. The Morgan fingerprint density at radius 3 is 2.47 bits per heavy atom. The highest BCUT2D eigenvalue weighted by atomic mass is 16.4. The zero-order valence-corrected chi connectivity index (χ0v) is 11.7. The van der Waals surface area contributed by atoms with Gasteiger partial charge in [-0.2, -0.15) is 0 Å². The number of carboxylic acids is 1. The maximum Gasteiger partial charge on any atom is 0.311 e. The highest BCUT2D eigenvalue weighted by Crippen LogP contribution is 2.20. The van der Waals surface area contributed by atoms with Crippen molar-refractivity contribution in [2.75, 3.05) is 6.54 Å². The van der Waals surface area contributed by atoms with Crippen molar-refractivity contribution in [1.82, 2.24) is 5.32 Å². The second-order valence-corrected chi connectivity index (χ2v) is 5.10. The van der Waals surface area contributed by atoms with E-state index in [2.05, 4.69) is 5.32 Å². The fraction of sp³-hybridized carbons (Fsp3) is 0.467. The van der Waals surface area contributed by atoms with E-state index in [1.54, 1.807) is 6.92 Å². The van der Waals surface area contributed by atoms with Gasteiger partial charge in [0.15, 0.2) is 0 Å². The summed E-state index contributed by atoms with van der Waals surface area (Å²) >= 11 is 0. The van der Waals surface area contributed by atoms with Gasteiger partial charge >= 0.3 is 5.97 Å². The summed E-state index contributed by atoms with van der Waals surface area (Å²) in [5.74, 6) is -1.03. The Morgan fingerprint density at radius 1 is 1.32 bits per heavy atom. The fourth-order valence-electron chi connectivity index (χ4n) is 1.69. The molecule has 104 valence electrons. The summed E-state index contributed by atoms with van der Waals surface area (Å²) in [6, 6.07) is 7.68. The molecule has 0 saturated carbocycles. The van der Waals surface area contributed by atoms with E-state index >= 15 is 0 Å². The molecule has 4 heteroatoms. The lowest BCUT2D eigenvalue weighted by atomic mass is 9.87. The minimum Gasteiger partial charge on any atom is -0.481 e.